The second kappa shape index (κ2) is 11.5. The number of β-lactam (4-membered cyclic amide) rings is 1. The fourth-order valence-corrected chi connectivity index (χ4v) is 6.30. The summed E-state index contributed by atoms with van der Waals surface area (Å²) in [6, 6.07) is -1.07. The predicted molar refractivity (Wildman–Crippen MR) is 134 cm³/mol. The molecule has 2 aromatic rings. The Hall–Kier alpha value is -4.15. The zero-order valence-electron chi connectivity index (χ0n) is 19.0. The van der Waals surface area contributed by atoms with E-state index in [-0.39, 0.29) is 40.3 Å². The number of rotatable bonds is 11. The molecule has 2 atom stereocenters. The van der Waals surface area contributed by atoms with Crippen molar-refractivity contribution >= 4 is 69.5 Å². The van der Waals surface area contributed by atoms with Crippen LogP contribution in [0.1, 0.15) is 5.69 Å². The Kier molecular flexibility index (Phi) is 8.13. The standard InChI is InChI=1S/C19H17N9O7S3/c1-2-3-27-19(23-25-26-27)38-6-8-5-36-16-12(15(32)28(16)13(8)17(33)34)22-14(31)11(24-35-4-10(29)30)9-7-37-18(20)21-9/h1,7,12,16H,3-6H2,(H2,20,21)(H,22,31)(H,29,30)(H,33,34)/t12?,16-/m0/s1. The highest BCUT2D eigenvalue weighted by molar-refractivity contribution is 8.01. The van der Waals surface area contributed by atoms with E-state index in [1.807, 2.05) is 0 Å². The number of carbonyl (C=O) groups is 4. The number of nitrogens with two attached hydrogens (primary N) is 1. The zero-order chi connectivity index (χ0) is 27.4. The molecule has 198 valence electrons. The van der Waals surface area contributed by atoms with E-state index < -0.39 is 41.8 Å². The van der Waals surface area contributed by atoms with Gasteiger partial charge in [-0.3, -0.25) is 14.5 Å². The second-order valence-electron chi connectivity index (χ2n) is 7.41. The van der Waals surface area contributed by atoms with Crippen molar-refractivity contribution in [2.75, 3.05) is 23.8 Å². The average Bonchev–Trinajstić information content (AvgIpc) is 3.51. The number of carboxylic acids is 2. The molecule has 0 radical (unpaired) electrons. The van der Waals surface area contributed by atoms with Gasteiger partial charge in [-0.05, 0) is 16.0 Å². The Labute approximate surface area is 225 Å². The van der Waals surface area contributed by atoms with Crippen molar-refractivity contribution in [2.45, 2.75) is 23.1 Å². The summed E-state index contributed by atoms with van der Waals surface area (Å²) in [5.41, 5.74) is 5.54. The van der Waals surface area contributed by atoms with Crippen LogP contribution in [0.15, 0.2) is 27.0 Å². The van der Waals surface area contributed by atoms with Crippen LogP contribution in [0.5, 0.6) is 0 Å². The summed E-state index contributed by atoms with van der Waals surface area (Å²) in [5, 5.41) is 37.1. The van der Waals surface area contributed by atoms with Gasteiger partial charge >= 0.3 is 11.9 Å². The van der Waals surface area contributed by atoms with Gasteiger partial charge in [-0.15, -0.1) is 34.6 Å². The van der Waals surface area contributed by atoms with Crippen LogP contribution >= 0.6 is 34.9 Å². The molecule has 2 aliphatic heterocycles. The third kappa shape index (κ3) is 5.56. The highest BCUT2D eigenvalue weighted by Gasteiger charge is 2.54. The van der Waals surface area contributed by atoms with E-state index in [9.17, 15) is 24.3 Å². The van der Waals surface area contributed by atoms with Gasteiger partial charge in [-0.25, -0.2) is 19.3 Å². The zero-order valence-corrected chi connectivity index (χ0v) is 21.5. The Bertz CT molecular complexity index is 1400. The third-order valence-electron chi connectivity index (χ3n) is 4.98. The fourth-order valence-electron chi connectivity index (χ4n) is 3.39. The van der Waals surface area contributed by atoms with Crippen molar-refractivity contribution in [3.63, 3.8) is 0 Å². The Morgan fingerprint density at radius 2 is 2.18 bits per heavy atom. The number of nitrogen functional groups attached to an aromatic ring is 1. The monoisotopic (exact) mass is 579 g/mol. The van der Waals surface area contributed by atoms with Gasteiger partial charge in [0.15, 0.2) is 10.8 Å². The topological polar surface area (TPSA) is 228 Å². The first-order valence-corrected chi connectivity index (χ1v) is 13.3. The van der Waals surface area contributed by atoms with Crippen molar-refractivity contribution in [3.05, 3.63) is 22.3 Å². The molecule has 2 aliphatic rings. The van der Waals surface area contributed by atoms with Crippen molar-refractivity contribution in [3.8, 4) is 12.3 Å². The van der Waals surface area contributed by atoms with E-state index >= 15 is 0 Å². The summed E-state index contributed by atoms with van der Waals surface area (Å²) in [6.45, 7) is -0.670. The number of aromatic nitrogens is 5. The maximum atomic E-state index is 13.0. The van der Waals surface area contributed by atoms with E-state index in [1.165, 1.54) is 33.6 Å². The van der Waals surface area contributed by atoms with Gasteiger partial charge < -0.3 is 26.1 Å². The molecule has 19 heteroatoms. The number of nitrogens with zero attached hydrogens (tertiary/aromatic N) is 7. The number of fused-ring (bicyclic) bond motifs is 1. The number of amides is 2. The first-order valence-electron chi connectivity index (χ1n) is 10.4. The van der Waals surface area contributed by atoms with Gasteiger partial charge in [-0.1, -0.05) is 22.8 Å². The lowest BCUT2D eigenvalue weighted by atomic mass is 10.0. The molecule has 0 bridgehead atoms. The summed E-state index contributed by atoms with van der Waals surface area (Å²) in [7, 11) is 0. The van der Waals surface area contributed by atoms with Gasteiger partial charge in [0.25, 0.3) is 11.8 Å². The largest absolute Gasteiger partial charge is 0.479 e. The number of nitrogens with one attached hydrogen (secondary N) is 1. The quantitative estimate of drug-likeness (QED) is 0.0796. The minimum absolute atomic E-state index is 0.0212. The van der Waals surface area contributed by atoms with Crippen molar-refractivity contribution in [1.29, 1.82) is 0 Å². The van der Waals surface area contributed by atoms with Crippen LogP contribution in [0.25, 0.3) is 0 Å². The maximum absolute atomic E-state index is 13.0. The van der Waals surface area contributed by atoms with E-state index in [1.54, 1.807) is 0 Å². The molecule has 1 unspecified atom stereocenters. The first-order chi connectivity index (χ1) is 18.2. The van der Waals surface area contributed by atoms with Crippen LogP contribution in [0.2, 0.25) is 0 Å². The van der Waals surface area contributed by atoms with E-state index in [2.05, 4.69) is 41.7 Å². The lowest BCUT2D eigenvalue weighted by molar-refractivity contribution is -0.150. The number of oxime groups is 1. The van der Waals surface area contributed by atoms with Crippen LogP contribution in [-0.2, 0) is 30.6 Å². The van der Waals surface area contributed by atoms with Gasteiger partial charge in [-0.2, -0.15) is 0 Å². The Balaban J connectivity index is 1.49. The molecule has 4 rings (SSSR count). The smallest absolute Gasteiger partial charge is 0.352 e. The molecule has 5 N–H and O–H groups in total. The number of aliphatic carboxylic acids is 2. The summed E-state index contributed by atoms with van der Waals surface area (Å²) >= 11 is 3.46. The lowest BCUT2D eigenvalue weighted by Crippen LogP contribution is -2.71. The molecule has 0 aromatic carbocycles. The third-order valence-corrected chi connectivity index (χ3v) is 8.03. The molecule has 38 heavy (non-hydrogen) atoms. The molecule has 16 nitrogen and oxygen atoms in total. The fraction of sp³-hybridized carbons (Fsp3) is 0.316. The number of thiazole rings is 1. The summed E-state index contributed by atoms with van der Waals surface area (Å²) < 4.78 is 1.39. The normalized spacial score (nSPS) is 18.9. The van der Waals surface area contributed by atoms with Crippen molar-refractivity contribution < 1.29 is 34.2 Å². The summed E-state index contributed by atoms with van der Waals surface area (Å²) in [6.07, 6.45) is 5.30. The maximum Gasteiger partial charge on any atom is 0.352 e. The molecule has 0 aliphatic carbocycles. The number of carbonyl (C=O) groups excluding carboxylic acids is 2. The van der Waals surface area contributed by atoms with Gasteiger partial charge in [0.2, 0.25) is 11.8 Å². The number of hydrogen-bond acceptors (Lipinski definition) is 14. The number of anilines is 1. The van der Waals surface area contributed by atoms with Gasteiger partial charge in [0.1, 0.15) is 29.4 Å². The van der Waals surface area contributed by atoms with E-state index in [0.29, 0.717) is 10.7 Å². The van der Waals surface area contributed by atoms with Crippen LogP contribution < -0.4 is 11.1 Å². The SMILES string of the molecule is C#CCn1nnnc1SCC1=C(C(=O)O)N2C(=O)C(NC(=O)C(=NOCC(=O)O)c3csc(N)n3)[C@@H]2SC1. The van der Waals surface area contributed by atoms with Crippen molar-refractivity contribution in [2.24, 2.45) is 5.16 Å². The number of terminal acetylenes is 1. The van der Waals surface area contributed by atoms with Gasteiger partial charge in [0.05, 0.1) is 0 Å². The van der Waals surface area contributed by atoms with E-state index in [4.69, 9.17) is 17.3 Å². The minimum atomic E-state index is -1.32. The summed E-state index contributed by atoms with van der Waals surface area (Å²) in [5.74, 6) is -1.26. The molecular weight excluding hydrogens is 562 g/mol. The first kappa shape index (κ1) is 26.9. The average molecular weight is 580 g/mol. The summed E-state index contributed by atoms with van der Waals surface area (Å²) in [4.78, 5) is 58.5. The highest BCUT2D eigenvalue weighted by atomic mass is 32.2. The van der Waals surface area contributed by atoms with Crippen LogP contribution in [0.4, 0.5) is 5.13 Å². The minimum Gasteiger partial charge on any atom is -0.479 e. The predicted octanol–water partition coefficient (Wildman–Crippen LogP) is -1.32. The Morgan fingerprint density at radius 1 is 1.39 bits per heavy atom. The van der Waals surface area contributed by atoms with Crippen LogP contribution in [-0.4, -0.2) is 99.3 Å². The van der Waals surface area contributed by atoms with Gasteiger partial charge in [0, 0.05) is 16.9 Å². The number of carboxylic acid groups (broad SMARTS) is 2. The van der Waals surface area contributed by atoms with Crippen molar-refractivity contribution in [1.82, 2.24) is 35.4 Å². The molecule has 1 saturated heterocycles. The highest BCUT2D eigenvalue weighted by Crippen LogP contribution is 2.41. The van der Waals surface area contributed by atoms with E-state index in [0.717, 1.165) is 16.2 Å². The molecule has 0 spiro atoms. The molecule has 2 amide bonds. The molecule has 2 aromatic heterocycles. The molecule has 0 saturated carbocycles. The Morgan fingerprint density at radius 3 is 2.84 bits per heavy atom. The lowest BCUT2D eigenvalue weighted by Gasteiger charge is -2.49. The number of thioether (sulfide) groups is 2. The number of tetrazole rings is 1. The molecule has 4 heterocycles. The van der Waals surface area contributed by atoms with Crippen LogP contribution in [0, 0.1) is 12.3 Å². The molecular formula is C19H17N9O7S3. The molecule has 1 fully saturated rings. The second-order valence-corrected chi connectivity index (χ2v) is 10.3. The number of hydrogen-bond donors (Lipinski definition) is 4. The van der Waals surface area contributed by atoms with Crippen LogP contribution in [0.3, 0.4) is 0 Å².